The van der Waals surface area contributed by atoms with Crippen molar-refractivity contribution in [2.75, 3.05) is 19.3 Å². The van der Waals surface area contributed by atoms with Crippen LogP contribution in [-0.2, 0) is 25.1 Å². The number of carboxylic acids is 1. The third kappa shape index (κ3) is 6.55. The van der Waals surface area contributed by atoms with Crippen LogP contribution in [0.15, 0.2) is 60.7 Å². The lowest BCUT2D eigenvalue weighted by atomic mass is 10.1. The Balaban J connectivity index is 1.85. The van der Waals surface area contributed by atoms with E-state index in [1.807, 2.05) is 30.3 Å². The van der Waals surface area contributed by atoms with Crippen LogP contribution in [0.2, 0.25) is 0 Å². The summed E-state index contributed by atoms with van der Waals surface area (Å²) in [7, 11) is -3.72. The molecule has 0 bridgehead atoms. The lowest BCUT2D eigenvalue weighted by Gasteiger charge is -2.30. The Kier molecular flexibility index (Phi) is 9.02. The van der Waals surface area contributed by atoms with Gasteiger partial charge in [0.05, 0.1) is 6.61 Å². The van der Waals surface area contributed by atoms with E-state index in [0.29, 0.717) is 37.8 Å². The number of carbonyl (C=O) groups excluding carboxylic acids is 2. The highest BCUT2D eigenvalue weighted by Gasteiger charge is 2.42. The lowest BCUT2D eigenvalue weighted by Crippen LogP contribution is -2.44. The first-order valence-corrected chi connectivity index (χ1v) is 13.4. The van der Waals surface area contributed by atoms with Crippen LogP contribution in [0.1, 0.15) is 42.1 Å². The van der Waals surface area contributed by atoms with Gasteiger partial charge in [0.25, 0.3) is 5.91 Å². The number of likely N-dealkylation sites (tertiary alicyclic amines) is 1. The SMILES string of the molecule is CCOP(=O)(CC(=O)N1CCC[C@H]1C(=O)O)C(CCc1ccccc1)NC(=O)c1ccccc1. The molecule has 2 amide bonds. The van der Waals surface area contributed by atoms with Gasteiger partial charge in [0, 0.05) is 12.1 Å². The molecule has 9 heteroatoms. The minimum Gasteiger partial charge on any atom is -0.480 e. The van der Waals surface area contributed by atoms with E-state index in [2.05, 4.69) is 5.32 Å². The van der Waals surface area contributed by atoms with Crippen molar-refractivity contribution in [1.82, 2.24) is 10.2 Å². The predicted octanol–water partition coefficient (Wildman–Crippen LogP) is 3.77. The van der Waals surface area contributed by atoms with Crippen LogP contribution in [0, 0.1) is 0 Å². The van der Waals surface area contributed by atoms with Crippen molar-refractivity contribution in [3.63, 3.8) is 0 Å². The van der Waals surface area contributed by atoms with E-state index < -0.39 is 43.1 Å². The van der Waals surface area contributed by atoms with Crippen LogP contribution in [-0.4, -0.2) is 58.9 Å². The van der Waals surface area contributed by atoms with Crippen LogP contribution >= 0.6 is 7.37 Å². The van der Waals surface area contributed by atoms with Crippen LogP contribution in [0.25, 0.3) is 0 Å². The summed E-state index contributed by atoms with van der Waals surface area (Å²) >= 11 is 0. The van der Waals surface area contributed by atoms with Gasteiger partial charge in [-0.2, -0.15) is 0 Å². The maximum atomic E-state index is 14.1. The topological polar surface area (TPSA) is 113 Å². The molecule has 1 fully saturated rings. The number of benzene rings is 2. The zero-order valence-electron chi connectivity index (χ0n) is 19.3. The summed E-state index contributed by atoms with van der Waals surface area (Å²) in [6.45, 7) is 2.07. The van der Waals surface area contributed by atoms with Gasteiger partial charge in [-0.05, 0) is 50.3 Å². The van der Waals surface area contributed by atoms with Crippen LogP contribution in [0.3, 0.4) is 0 Å². The van der Waals surface area contributed by atoms with Gasteiger partial charge < -0.3 is 19.8 Å². The Labute approximate surface area is 199 Å². The summed E-state index contributed by atoms with van der Waals surface area (Å²) in [6.07, 6.45) is 1.30. The number of aryl methyl sites for hydroxylation is 1. The molecule has 0 radical (unpaired) electrons. The van der Waals surface area contributed by atoms with Crippen molar-refractivity contribution in [2.24, 2.45) is 0 Å². The van der Waals surface area contributed by atoms with Crippen LogP contribution in [0.4, 0.5) is 0 Å². The number of rotatable bonds is 11. The molecule has 34 heavy (non-hydrogen) atoms. The van der Waals surface area contributed by atoms with Gasteiger partial charge in [0.2, 0.25) is 13.3 Å². The van der Waals surface area contributed by atoms with Gasteiger partial charge in [-0.15, -0.1) is 0 Å². The average molecular weight is 487 g/mol. The molecule has 1 heterocycles. The van der Waals surface area contributed by atoms with Crippen molar-refractivity contribution < 1.29 is 28.6 Å². The normalized spacial score (nSPS) is 18.1. The third-order valence-corrected chi connectivity index (χ3v) is 8.66. The lowest BCUT2D eigenvalue weighted by molar-refractivity contribution is -0.147. The fourth-order valence-electron chi connectivity index (χ4n) is 4.21. The first-order chi connectivity index (χ1) is 16.3. The molecule has 3 atom stereocenters. The first kappa shape index (κ1) is 25.7. The Bertz CT molecular complexity index is 1030. The van der Waals surface area contributed by atoms with E-state index in [0.717, 1.165) is 5.56 Å². The zero-order chi connectivity index (χ0) is 24.6. The largest absolute Gasteiger partial charge is 0.480 e. The molecule has 1 saturated heterocycles. The predicted molar refractivity (Wildman–Crippen MR) is 129 cm³/mol. The third-order valence-electron chi connectivity index (χ3n) is 5.92. The Hall–Kier alpha value is -2.96. The van der Waals surface area contributed by atoms with Crippen molar-refractivity contribution in [3.8, 4) is 0 Å². The maximum absolute atomic E-state index is 14.1. The molecule has 1 aliphatic rings. The molecule has 8 nitrogen and oxygen atoms in total. The summed E-state index contributed by atoms with van der Waals surface area (Å²) in [4.78, 5) is 38.8. The van der Waals surface area contributed by atoms with E-state index in [1.165, 1.54) is 4.90 Å². The van der Waals surface area contributed by atoms with Crippen molar-refractivity contribution in [3.05, 3.63) is 71.8 Å². The molecule has 0 aromatic heterocycles. The average Bonchev–Trinajstić information content (AvgIpc) is 3.33. The van der Waals surface area contributed by atoms with E-state index in [4.69, 9.17) is 4.52 Å². The van der Waals surface area contributed by atoms with E-state index in [1.54, 1.807) is 37.3 Å². The second-order valence-electron chi connectivity index (χ2n) is 8.26. The van der Waals surface area contributed by atoms with Gasteiger partial charge in [-0.3, -0.25) is 14.2 Å². The molecule has 2 unspecified atom stereocenters. The molecule has 0 spiro atoms. The highest BCUT2D eigenvalue weighted by atomic mass is 31.2. The second kappa shape index (κ2) is 12.0. The number of hydrogen-bond donors (Lipinski definition) is 2. The Morgan fingerprint density at radius 3 is 2.38 bits per heavy atom. The number of amides is 2. The summed E-state index contributed by atoms with van der Waals surface area (Å²) in [5.41, 5.74) is 1.41. The number of nitrogens with zero attached hydrogens (tertiary/aromatic N) is 1. The van der Waals surface area contributed by atoms with Crippen LogP contribution < -0.4 is 5.32 Å². The molecule has 1 aliphatic heterocycles. The van der Waals surface area contributed by atoms with Gasteiger partial charge in [-0.1, -0.05) is 48.5 Å². The second-order valence-corrected chi connectivity index (χ2v) is 10.9. The van der Waals surface area contributed by atoms with Gasteiger partial charge in [-0.25, -0.2) is 4.79 Å². The Morgan fingerprint density at radius 1 is 1.12 bits per heavy atom. The summed E-state index contributed by atoms with van der Waals surface area (Å²) < 4.78 is 19.8. The standard InChI is InChI=1S/C25H31N2O6P/c1-2-33-34(32,18-23(28)27-17-9-14-21(27)25(30)31)22(16-15-19-10-5-3-6-11-19)26-24(29)20-12-7-4-8-13-20/h3-8,10-13,21-22H,2,9,14-18H2,1H3,(H,26,29)(H,30,31)/t21-,22?,34?/m0/s1. The number of carbonyl (C=O) groups is 3. The van der Waals surface area contributed by atoms with E-state index in [-0.39, 0.29) is 6.61 Å². The highest BCUT2D eigenvalue weighted by molar-refractivity contribution is 7.60. The molecule has 182 valence electrons. The molecule has 3 rings (SSSR count). The summed E-state index contributed by atoms with van der Waals surface area (Å²) in [5.74, 6) is -2.92. The van der Waals surface area contributed by atoms with Gasteiger partial charge in [0.1, 0.15) is 18.0 Å². The fraction of sp³-hybridized carbons (Fsp3) is 0.400. The number of carboxylic acid groups (broad SMARTS) is 1. The maximum Gasteiger partial charge on any atom is 0.326 e. The first-order valence-electron chi connectivity index (χ1n) is 11.5. The molecule has 0 aliphatic carbocycles. The summed E-state index contributed by atoms with van der Waals surface area (Å²) in [5, 5.41) is 12.3. The minimum atomic E-state index is -3.72. The van der Waals surface area contributed by atoms with Gasteiger partial charge in [0.15, 0.2) is 0 Å². The molecule has 2 aromatic rings. The molecular weight excluding hydrogens is 455 g/mol. The quantitative estimate of drug-likeness (QED) is 0.468. The van der Waals surface area contributed by atoms with E-state index in [9.17, 15) is 24.1 Å². The number of aliphatic carboxylic acids is 1. The molecule has 0 saturated carbocycles. The number of nitrogens with one attached hydrogen (secondary N) is 1. The van der Waals surface area contributed by atoms with Gasteiger partial charge >= 0.3 is 5.97 Å². The number of hydrogen-bond acceptors (Lipinski definition) is 5. The monoisotopic (exact) mass is 486 g/mol. The zero-order valence-corrected chi connectivity index (χ0v) is 20.2. The van der Waals surface area contributed by atoms with Crippen LogP contribution in [0.5, 0.6) is 0 Å². The highest BCUT2D eigenvalue weighted by Crippen LogP contribution is 2.52. The van der Waals surface area contributed by atoms with Crippen molar-refractivity contribution in [1.29, 1.82) is 0 Å². The summed E-state index contributed by atoms with van der Waals surface area (Å²) in [6, 6.07) is 17.2. The minimum absolute atomic E-state index is 0.0932. The molecule has 2 N–H and O–H groups in total. The van der Waals surface area contributed by atoms with Crippen molar-refractivity contribution >= 4 is 25.2 Å². The molecular formula is C25H31N2O6P. The molecule has 2 aromatic carbocycles. The van der Waals surface area contributed by atoms with Crippen molar-refractivity contribution in [2.45, 2.75) is 44.4 Å². The fourth-order valence-corrected chi connectivity index (χ4v) is 6.53. The Morgan fingerprint density at radius 2 is 1.76 bits per heavy atom. The smallest absolute Gasteiger partial charge is 0.326 e. The van der Waals surface area contributed by atoms with E-state index >= 15 is 0 Å².